The summed E-state index contributed by atoms with van der Waals surface area (Å²) in [5.74, 6) is -0.0123. The van der Waals surface area contributed by atoms with Crippen LogP contribution in [0.1, 0.15) is 28.6 Å². The summed E-state index contributed by atoms with van der Waals surface area (Å²) in [6.07, 6.45) is 0.636. The first-order chi connectivity index (χ1) is 11.5. The van der Waals surface area contributed by atoms with Crippen LogP contribution in [0.5, 0.6) is 5.75 Å². The predicted octanol–water partition coefficient (Wildman–Crippen LogP) is 5.59. The maximum Gasteiger partial charge on any atom is 0.387 e. The van der Waals surface area contributed by atoms with Crippen molar-refractivity contribution in [2.75, 3.05) is 0 Å². The summed E-state index contributed by atoms with van der Waals surface area (Å²) < 4.78 is 35.3. The molecule has 0 atom stereocenters. The zero-order valence-electron chi connectivity index (χ0n) is 12.7. The van der Waals surface area contributed by atoms with Gasteiger partial charge in [-0.2, -0.15) is 8.78 Å². The molecule has 0 aliphatic rings. The maximum atomic E-state index is 12.7. The molecule has 0 spiro atoms. The fourth-order valence-corrected chi connectivity index (χ4v) is 2.94. The first kappa shape index (κ1) is 16.6. The zero-order valence-corrected chi connectivity index (χ0v) is 14.3. The molecule has 1 heterocycles. The molecule has 0 saturated heterocycles. The van der Waals surface area contributed by atoms with E-state index in [0.29, 0.717) is 17.6 Å². The lowest BCUT2D eigenvalue weighted by molar-refractivity contribution is -0.0498. The lowest BCUT2D eigenvalue weighted by Gasteiger charge is -2.05. The highest BCUT2D eigenvalue weighted by atomic mass is 79.9. The van der Waals surface area contributed by atoms with Crippen molar-refractivity contribution in [2.24, 2.45) is 0 Å². The second-order valence-corrected chi connectivity index (χ2v) is 6.05. The molecule has 0 radical (unpaired) electrons. The maximum absolute atomic E-state index is 12.7. The molecule has 0 unspecified atom stereocenters. The van der Waals surface area contributed by atoms with Crippen molar-refractivity contribution in [2.45, 2.75) is 20.0 Å². The summed E-state index contributed by atoms with van der Waals surface area (Å²) in [5.41, 5.74) is 1.81. The van der Waals surface area contributed by atoms with Crippen molar-refractivity contribution in [1.29, 1.82) is 0 Å². The van der Waals surface area contributed by atoms with Gasteiger partial charge in [0.15, 0.2) is 5.76 Å². The van der Waals surface area contributed by atoms with Gasteiger partial charge in [0.2, 0.25) is 5.78 Å². The molecule has 1 aromatic heterocycles. The lowest BCUT2D eigenvalue weighted by atomic mass is 10.0. The summed E-state index contributed by atoms with van der Waals surface area (Å²) >= 11 is 3.41. The summed E-state index contributed by atoms with van der Waals surface area (Å²) in [4.78, 5) is 12.7. The topological polar surface area (TPSA) is 39.4 Å². The number of fused-ring (bicyclic) bond motifs is 1. The van der Waals surface area contributed by atoms with Gasteiger partial charge in [0.1, 0.15) is 11.3 Å². The quantitative estimate of drug-likeness (QED) is 0.529. The Morgan fingerprint density at radius 2 is 1.92 bits per heavy atom. The summed E-state index contributed by atoms with van der Waals surface area (Å²) in [6.45, 7) is -0.950. The van der Waals surface area contributed by atoms with Gasteiger partial charge in [0.05, 0.1) is 0 Å². The van der Waals surface area contributed by atoms with Gasteiger partial charge in [0, 0.05) is 21.0 Å². The van der Waals surface area contributed by atoms with Crippen molar-refractivity contribution in [3.63, 3.8) is 0 Å². The Balaban J connectivity index is 1.99. The number of halogens is 3. The third kappa shape index (κ3) is 3.19. The second-order valence-electron chi connectivity index (χ2n) is 5.14. The minimum Gasteiger partial charge on any atom is -0.452 e. The van der Waals surface area contributed by atoms with Gasteiger partial charge in [-0.1, -0.05) is 22.9 Å². The van der Waals surface area contributed by atoms with E-state index in [-0.39, 0.29) is 17.3 Å². The smallest absolute Gasteiger partial charge is 0.387 e. The summed E-state index contributed by atoms with van der Waals surface area (Å²) in [6, 6.07) is 11.1. The minimum atomic E-state index is -2.90. The van der Waals surface area contributed by atoms with Gasteiger partial charge in [-0.25, -0.2) is 0 Å². The van der Waals surface area contributed by atoms with Crippen LogP contribution >= 0.6 is 15.9 Å². The Bertz CT molecular complexity index is 885. The fraction of sp³-hybridized carbons (Fsp3) is 0.167. The van der Waals surface area contributed by atoms with E-state index in [1.807, 2.05) is 19.1 Å². The highest BCUT2D eigenvalue weighted by molar-refractivity contribution is 9.10. The fourth-order valence-electron chi connectivity index (χ4n) is 2.57. The van der Waals surface area contributed by atoms with Gasteiger partial charge in [-0.15, -0.1) is 0 Å². The average molecular weight is 395 g/mol. The Morgan fingerprint density at radius 3 is 2.54 bits per heavy atom. The zero-order chi connectivity index (χ0) is 17.3. The van der Waals surface area contributed by atoms with Gasteiger partial charge in [0.25, 0.3) is 0 Å². The van der Waals surface area contributed by atoms with E-state index >= 15 is 0 Å². The summed E-state index contributed by atoms with van der Waals surface area (Å²) in [5, 5.41) is 0.882. The second kappa shape index (κ2) is 6.73. The van der Waals surface area contributed by atoms with E-state index in [1.54, 1.807) is 6.07 Å². The van der Waals surface area contributed by atoms with Crippen molar-refractivity contribution >= 4 is 32.7 Å². The number of carbonyl (C=O) groups excluding carboxylic acids is 1. The molecular weight excluding hydrogens is 382 g/mol. The molecule has 0 N–H and O–H groups in total. The van der Waals surface area contributed by atoms with Crippen LogP contribution in [-0.2, 0) is 6.42 Å². The molecule has 0 amide bonds. The largest absolute Gasteiger partial charge is 0.452 e. The number of hydrogen-bond donors (Lipinski definition) is 0. The van der Waals surface area contributed by atoms with Gasteiger partial charge >= 0.3 is 6.61 Å². The molecule has 0 fully saturated rings. The third-order valence-corrected chi connectivity index (χ3v) is 4.15. The highest BCUT2D eigenvalue weighted by Crippen LogP contribution is 2.31. The minimum absolute atomic E-state index is 0.00537. The molecule has 6 heteroatoms. The molecule has 0 aliphatic carbocycles. The number of carbonyl (C=O) groups is 1. The standard InChI is InChI=1S/C18H13BrF2O3/c1-2-13-14-9-11(19)5-8-15(14)24-17(13)16(22)10-3-6-12(7-4-10)23-18(20)21/h3-9,18H,2H2,1H3. The number of rotatable bonds is 5. The Labute approximate surface area is 145 Å². The van der Waals surface area contributed by atoms with Crippen LogP contribution in [0.15, 0.2) is 51.4 Å². The monoisotopic (exact) mass is 394 g/mol. The Morgan fingerprint density at radius 1 is 1.21 bits per heavy atom. The molecule has 124 valence electrons. The summed E-state index contributed by atoms with van der Waals surface area (Å²) in [7, 11) is 0. The third-order valence-electron chi connectivity index (χ3n) is 3.65. The van der Waals surface area contributed by atoms with Crippen molar-refractivity contribution in [1.82, 2.24) is 0 Å². The van der Waals surface area contributed by atoms with E-state index in [0.717, 1.165) is 15.4 Å². The molecule has 0 saturated carbocycles. The Kier molecular flexibility index (Phi) is 4.66. The van der Waals surface area contributed by atoms with Gasteiger partial charge in [-0.05, 0) is 48.9 Å². The first-order valence-corrected chi connectivity index (χ1v) is 8.09. The van der Waals surface area contributed by atoms with Crippen LogP contribution in [0.4, 0.5) is 8.78 Å². The van der Waals surface area contributed by atoms with Crippen LogP contribution in [0.2, 0.25) is 0 Å². The van der Waals surface area contributed by atoms with Crippen molar-refractivity contribution < 1.29 is 22.7 Å². The van der Waals surface area contributed by atoms with E-state index in [1.165, 1.54) is 24.3 Å². The normalized spacial score (nSPS) is 11.2. The van der Waals surface area contributed by atoms with Crippen LogP contribution in [0.25, 0.3) is 11.0 Å². The van der Waals surface area contributed by atoms with Crippen LogP contribution in [-0.4, -0.2) is 12.4 Å². The molecule has 3 aromatic rings. The van der Waals surface area contributed by atoms with E-state index < -0.39 is 6.61 Å². The number of alkyl halides is 2. The molecule has 0 aliphatic heterocycles. The van der Waals surface area contributed by atoms with Crippen LogP contribution in [0.3, 0.4) is 0 Å². The molecule has 3 nitrogen and oxygen atoms in total. The number of hydrogen-bond acceptors (Lipinski definition) is 3. The van der Waals surface area contributed by atoms with E-state index in [4.69, 9.17) is 4.42 Å². The number of ketones is 1. The number of furan rings is 1. The molecule has 3 rings (SSSR count). The molecule has 0 bridgehead atoms. The van der Waals surface area contributed by atoms with E-state index in [9.17, 15) is 13.6 Å². The molecule has 24 heavy (non-hydrogen) atoms. The average Bonchev–Trinajstić information content (AvgIpc) is 2.92. The lowest BCUT2D eigenvalue weighted by Crippen LogP contribution is -2.04. The number of aryl methyl sites for hydroxylation is 1. The highest BCUT2D eigenvalue weighted by Gasteiger charge is 2.21. The predicted molar refractivity (Wildman–Crippen MR) is 89.8 cm³/mol. The van der Waals surface area contributed by atoms with Crippen LogP contribution in [0, 0.1) is 0 Å². The van der Waals surface area contributed by atoms with Crippen LogP contribution < -0.4 is 4.74 Å². The molecular formula is C18H13BrF2O3. The van der Waals surface area contributed by atoms with Crippen molar-refractivity contribution in [3.8, 4) is 5.75 Å². The number of benzene rings is 2. The van der Waals surface area contributed by atoms with Crippen molar-refractivity contribution in [3.05, 3.63) is 63.8 Å². The molecule has 2 aromatic carbocycles. The number of ether oxygens (including phenoxy) is 1. The van der Waals surface area contributed by atoms with Gasteiger partial charge < -0.3 is 9.15 Å². The SMILES string of the molecule is CCc1c(C(=O)c2ccc(OC(F)F)cc2)oc2ccc(Br)cc12. The first-order valence-electron chi connectivity index (χ1n) is 7.30. The van der Waals surface area contributed by atoms with E-state index in [2.05, 4.69) is 20.7 Å². The van der Waals surface area contributed by atoms with Gasteiger partial charge in [-0.3, -0.25) is 4.79 Å². The Hall–Kier alpha value is -2.21.